The van der Waals surface area contributed by atoms with E-state index in [1.165, 1.54) is 41.6 Å². The molecule has 1 saturated heterocycles. The largest absolute Gasteiger partial charge is 0.372 e. The van der Waals surface area contributed by atoms with Crippen LogP contribution >= 0.6 is 23.1 Å². The van der Waals surface area contributed by atoms with E-state index in [0.717, 1.165) is 34.8 Å². The summed E-state index contributed by atoms with van der Waals surface area (Å²) in [6.45, 7) is 7.40. The number of thioether (sulfide) groups is 1. The summed E-state index contributed by atoms with van der Waals surface area (Å²) in [4.78, 5) is 14.5. The van der Waals surface area contributed by atoms with Crippen molar-refractivity contribution in [2.75, 3.05) is 40.9 Å². The van der Waals surface area contributed by atoms with Crippen LogP contribution in [0.2, 0.25) is 0 Å². The van der Waals surface area contributed by atoms with Gasteiger partial charge >= 0.3 is 0 Å². The average molecular weight is 392 g/mol. The molecule has 6 nitrogen and oxygen atoms in total. The normalized spacial score (nSPS) is 14.0. The summed E-state index contributed by atoms with van der Waals surface area (Å²) in [6, 6.07) is 8.08. The van der Waals surface area contributed by atoms with Crippen molar-refractivity contribution in [1.82, 2.24) is 10.2 Å². The van der Waals surface area contributed by atoms with Gasteiger partial charge in [-0.1, -0.05) is 36.9 Å². The molecule has 0 bridgehead atoms. The molecule has 26 heavy (non-hydrogen) atoms. The van der Waals surface area contributed by atoms with Crippen LogP contribution in [0.15, 0.2) is 28.6 Å². The fourth-order valence-corrected chi connectivity index (χ4v) is 4.25. The van der Waals surface area contributed by atoms with Crippen molar-refractivity contribution in [2.24, 2.45) is 5.92 Å². The van der Waals surface area contributed by atoms with Crippen LogP contribution in [0.3, 0.4) is 0 Å². The quantitative estimate of drug-likeness (QED) is 0.664. The van der Waals surface area contributed by atoms with Crippen LogP contribution in [0.25, 0.3) is 0 Å². The van der Waals surface area contributed by atoms with E-state index in [-0.39, 0.29) is 5.91 Å². The van der Waals surface area contributed by atoms with Gasteiger partial charge in [0, 0.05) is 31.0 Å². The molecular weight excluding hydrogens is 366 g/mol. The summed E-state index contributed by atoms with van der Waals surface area (Å²) >= 11 is 2.89. The summed E-state index contributed by atoms with van der Waals surface area (Å²) in [5.41, 5.74) is 2.06. The number of hydrogen-bond donors (Lipinski definition) is 2. The van der Waals surface area contributed by atoms with Gasteiger partial charge in [-0.3, -0.25) is 4.79 Å². The van der Waals surface area contributed by atoms with E-state index in [1.54, 1.807) is 0 Å². The molecular formula is C18H25N5OS2. The molecule has 0 spiro atoms. The monoisotopic (exact) mass is 391 g/mol. The second kappa shape index (κ2) is 9.23. The van der Waals surface area contributed by atoms with Crippen LogP contribution in [-0.4, -0.2) is 41.5 Å². The number of amides is 1. The fraction of sp³-hybridized carbons (Fsp3) is 0.500. The second-order valence-electron chi connectivity index (χ2n) is 6.73. The van der Waals surface area contributed by atoms with Gasteiger partial charge in [0.15, 0.2) is 4.34 Å². The highest BCUT2D eigenvalue weighted by molar-refractivity contribution is 8.01. The van der Waals surface area contributed by atoms with Crippen LogP contribution in [0.1, 0.15) is 26.7 Å². The van der Waals surface area contributed by atoms with Crippen molar-refractivity contribution >= 4 is 45.5 Å². The number of nitrogens with zero attached hydrogens (tertiary/aromatic N) is 3. The van der Waals surface area contributed by atoms with Crippen LogP contribution < -0.4 is 15.5 Å². The Labute approximate surface area is 162 Å². The summed E-state index contributed by atoms with van der Waals surface area (Å²) in [5.74, 6) is 0.848. The topological polar surface area (TPSA) is 70.1 Å². The Morgan fingerprint density at radius 1 is 1.23 bits per heavy atom. The maximum Gasteiger partial charge on any atom is 0.234 e. The third kappa shape index (κ3) is 5.60. The number of hydrogen-bond acceptors (Lipinski definition) is 7. The SMILES string of the molecule is CC(C)CNc1nnc(SCC(=O)Nc2ccc(N3CCCC3)cc2)s1. The minimum absolute atomic E-state index is 0.0317. The number of carbonyl (C=O) groups excluding carboxylic acids is 1. The highest BCUT2D eigenvalue weighted by atomic mass is 32.2. The first-order valence-electron chi connectivity index (χ1n) is 8.95. The minimum atomic E-state index is -0.0317. The van der Waals surface area contributed by atoms with Crippen LogP contribution in [0.5, 0.6) is 0 Å². The highest BCUT2D eigenvalue weighted by Crippen LogP contribution is 2.26. The molecule has 2 heterocycles. The lowest BCUT2D eigenvalue weighted by Crippen LogP contribution is -2.18. The molecule has 1 fully saturated rings. The van der Waals surface area contributed by atoms with Gasteiger partial charge in [-0.25, -0.2) is 0 Å². The molecule has 0 aliphatic carbocycles. The first-order valence-corrected chi connectivity index (χ1v) is 10.8. The number of carbonyl (C=O) groups is 1. The Morgan fingerprint density at radius 2 is 1.96 bits per heavy atom. The molecule has 1 aromatic heterocycles. The van der Waals surface area contributed by atoms with Crippen molar-refractivity contribution in [1.29, 1.82) is 0 Å². The zero-order chi connectivity index (χ0) is 18.4. The lowest BCUT2D eigenvalue weighted by molar-refractivity contribution is -0.113. The standard InChI is InChI=1S/C18H25N5OS2/c1-13(2)11-19-17-21-22-18(26-17)25-12-16(24)20-14-5-7-15(8-6-14)23-9-3-4-10-23/h5-8,13H,3-4,9-12H2,1-2H3,(H,19,21)(H,20,24). The van der Waals surface area contributed by atoms with E-state index >= 15 is 0 Å². The smallest absolute Gasteiger partial charge is 0.234 e. The molecule has 0 unspecified atom stereocenters. The zero-order valence-electron chi connectivity index (χ0n) is 15.2. The van der Waals surface area contributed by atoms with Crippen LogP contribution in [0, 0.1) is 5.92 Å². The minimum Gasteiger partial charge on any atom is -0.372 e. The third-order valence-corrected chi connectivity index (χ3v) is 6.03. The molecule has 1 aliphatic heterocycles. The van der Waals surface area contributed by atoms with E-state index in [9.17, 15) is 4.79 Å². The summed E-state index contributed by atoms with van der Waals surface area (Å²) in [5, 5.41) is 15.2. The Balaban J connectivity index is 1.43. The van der Waals surface area contributed by atoms with Crippen LogP contribution in [0.4, 0.5) is 16.5 Å². The molecule has 8 heteroatoms. The summed E-state index contributed by atoms with van der Waals surface area (Å²) in [6.07, 6.45) is 2.52. The molecule has 2 N–H and O–H groups in total. The first kappa shape index (κ1) is 19.0. The molecule has 3 rings (SSSR count). The van der Waals surface area contributed by atoms with Crippen molar-refractivity contribution < 1.29 is 4.79 Å². The Hall–Kier alpha value is -1.80. The van der Waals surface area contributed by atoms with Gasteiger partial charge in [0.05, 0.1) is 5.75 Å². The van der Waals surface area contributed by atoms with Gasteiger partial charge in [-0.05, 0) is 43.0 Å². The van der Waals surface area contributed by atoms with Gasteiger partial charge < -0.3 is 15.5 Å². The van der Waals surface area contributed by atoms with E-state index in [2.05, 4.69) is 51.7 Å². The Bertz CT molecular complexity index is 711. The van der Waals surface area contributed by atoms with E-state index in [4.69, 9.17) is 0 Å². The number of nitrogens with one attached hydrogen (secondary N) is 2. The van der Waals surface area contributed by atoms with Gasteiger partial charge in [-0.15, -0.1) is 10.2 Å². The van der Waals surface area contributed by atoms with Crippen molar-refractivity contribution in [2.45, 2.75) is 31.0 Å². The molecule has 0 radical (unpaired) electrons. The number of anilines is 3. The number of benzene rings is 1. The fourth-order valence-electron chi connectivity index (χ4n) is 2.69. The zero-order valence-corrected chi connectivity index (χ0v) is 16.8. The molecule has 1 amide bonds. The van der Waals surface area contributed by atoms with Crippen molar-refractivity contribution in [3.05, 3.63) is 24.3 Å². The van der Waals surface area contributed by atoms with Crippen molar-refractivity contribution in [3.63, 3.8) is 0 Å². The van der Waals surface area contributed by atoms with Gasteiger partial charge in [0.1, 0.15) is 0 Å². The maximum absolute atomic E-state index is 12.1. The molecule has 140 valence electrons. The predicted octanol–water partition coefficient (Wildman–Crippen LogP) is 3.94. The van der Waals surface area contributed by atoms with E-state index < -0.39 is 0 Å². The van der Waals surface area contributed by atoms with E-state index in [1.807, 2.05) is 12.1 Å². The first-order chi connectivity index (χ1) is 12.6. The molecule has 1 aliphatic rings. The molecule has 0 saturated carbocycles. The molecule has 1 aromatic carbocycles. The third-order valence-electron chi connectivity index (χ3n) is 4.02. The lowest BCUT2D eigenvalue weighted by Gasteiger charge is -2.17. The maximum atomic E-state index is 12.1. The van der Waals surface area contributed by atoms with Crippen molar-refractivity contribution in [3.8, 4) is 0 Å². The van der Waals surface area contributed by atoms with Gasteiger partial charge in [0.25, 0.3) is 0 Å². The van der Waals surface area contributed by atoms with E-state index in [0.29, 0.717) is 11.7 Å². The number of rotatable bonds is 8. The molecule has 0 atom stereocenters. The summed E-state index contributed by atoms with van der Waals surface area (Å²) in [7, 11) is 0. The van der Waals surface area contributed by atoms with Gasteiger partial charge in [0.2, 0.25) is 11.0 Å². The van der Waals surface area contributed by atoms with Gasteiger partial charge in [-0.2, -0.15) is 0 Å². The van der Waals surface area contributed by atoms with Crippen LogP contribution in [-0.2, 0) is 4.79 Å². The Morgan fingerprint density at radius 3 is 2.65 bits per heavy atom. The highest BCUT2D eigenvalue weighted by Gasteiger charge is 2.12. The summed E-state index contributed by atoms with van der Waals surface area (Å²) < 4.78 is 0.802. The average Bonchev–Trinajstić information content (AvgIpc) is 3.31. The molecule has 2 aromatic rings. The lowest BCUT2D eigenvalue weighted by atomic mass is 10.2. The number of aromatic nitrogens is 2. The second-order valence-corrected chi connectivity index (χ2v) is 8.93. The Kier molecular flexibility index (Phi) is 6.73. The predicted molar refractivity (Wildman–Crippen MR) is 110 cm³/mol.